The lowest BCUT2D eigenvalue weighted by atomic mass is 10.0. The smallest absolute Gasteiger partial charge is 0.306 e. The molecule has 1 aromatic carbocycles. The molecule has 4 nitrogen and oxygen atoms in total. The molecule has 5 heteroatoms. The van der Waals surface area contributed by atoms with Gasteiger partial charge in [0.25, 0.3) is 0 Å². The summed E-state index contributed by atoms with van der Waals surface area (Å²) in [6.07, 6.45) is 0.249. The van der Waals surface area contributed by atoms with Crippen molar-refractivity contribution in [3.63, 3.8) is 0 Å². The van der Waals surface area contributed by atoms with E-state index in [-0.39, 0.29) is 12.2 Å². The maximum atomic E-state index is 10.8. The molecule has 0 saturated carbocycles. The first-order valence-corrected chi connectivity index (χ1v) is 5.53. The highest BCUT2D eigenvalue weighted by atomic mass is 79.9. The fraction of sp³-hybridized carbons (Fsp3) is 0.364. The summed E-state index contributed by atoms with van der Waals surface area (Å²) in [6.45, 7) is 1.59. The summed E-state index contributed by atoms with van der Waals surface area (Å²) in [5.74, 6) is -0.811. The number of ether oxygens (including phenoxy) is 1. The lowest BCUT2D eigenvalue weighted by Gasteiger charge is -2.13. The van der Waals surface area contributed by atoms with E-state index in [0.717, 1.165) is 0 Å². The number of carbonyl (C=O) groups is 1. The lowest BCUT2D eigenvalue weighted by molar-refractivity contribution is -0.141. The molecule has 0 fully saturated rings. The van der Waals surface area contributed by atoms with E-state index in [2.05, 4.69) is 15.9 Å². The van der Waals surface area contributed by atoms with Gasteiger partial charge < -0.3 is 14.9 Å². The first-order chi connectivity index (χ1) is 7.47. The van der Waals surface area contributed by atoms with Gasteiger partial charge in [-0.3, -0.25) is 4.79 Å². The molecule has 1 aromatic rings. The Morgan fingerprint density at radius 3 is 2.69 bits per heavy atom. The molecule has 0 aliphatic heterocycles. The Bertz CT molecular complexity index is 403. The SMILES string of the molecule is COc1ccc(O)c(CC(C)C(=O)O)c1Br. The minimum Gasteiger partial charge on any atom is -0.508 e. The number of halogens is 1. The molecule has 88 valence electrons. The number of hydrogen-bond donors (Lipinski definition) is 2. The molecule has 0 saturated heterocycles. The van der Waals surface area contributed by atoms with Gasteiger partial charge in [0.2, 0.25) is 0 Å². The topological polar surface area (TPSA) is 66.8 Å². The minimum atomic E-state index is -0.894. The molecule has 1 unspecified atom stereocenters. The van der Waals surface area contributed by atoms with Crippen molar-refractivity contribution >= 4 is 21.9 Å². The molecule has 2 N–H and O–H groups in total. The van der Waals surface area contributed by atoms with Crippen LogP contribution in [0.3, 0.4) is 0 Å². The number of aromatic hydroxyl groups is 1. The summed E-state index contributed by atoms with van der Waals surface area (Å²) in [7, 11) is 1.52. The zero-order valence-electron chi connectivity index (χ0n) is 9.03. The van der Waals surface area contributed by atoms with Gasteiger partial charge in [0, 0.05) is 5.56 Å². The predicted molar refractivity (Wildman–Crippen MR) is 62.9 cm³/mol. The number of phenols is 1. The number of rotatable bonds is 4. The quantitative estimate of drug-likeness (QED) is 0.893. The fourth-order valence-corrected chi connectivity index (χ4v) is 1.99. The third-order valence-corrected chi connectivity index (χ3v) is 3.20. The van der Waals surface area contributed by atoms with E-state index >= 15 is 0 Å². The molecule has 0 aromatic heterocycles. The van der Waals surface area contributed by atoms with Crippen LogP contribution in [-0.4, -0.2) is 23.3 Å². The summed E-state index contributed by atoms with van der Waals surface area (Å²) in [5, 5.41) is 18.5. The van der Waals surface area contributed by atoms with Crippen molar-refractivity contribution in [2.24, 2.45) is 5.92 Å². The highest BCUT2D eigenvalue weighted by Gasteiger charge is 2.18. The van der Waals surface area contributed by atoms with Gasteiger partial charge in [-0.1, -0.05) is 6.92 Å². The number of phenolic OH excluding ortho intramolecular Hbond substituents is 1. The van der Waals surface area contributed by atoms with Crippen molar-refractivity contribution in [1.82, 2.24) is 0 Å². The van der Waals surface area contributed by atoms with Crippen LogP contribution in [0.15, 0.2) is 16.6 Å². The molecule has 0 bridgehead atoms. The van der Waals surface area contributed by atoms with Crippen molar-refractivity contribution in [2.75, 3.05) is 7.11 Å². The monoisotopic (exact) mass is 288 g/mol. The van der Waals surface area contributed by atoms with Crippen LogP contribution in [0.25, 0.3) is 0 Å². The molecule has 1 atom stereocenters. The van der Waals surface area contributed by atoms with E-state index in [1.165, 1.54) is 13.2 Å². The average molecular weight is 289 g/mol. The Morgan fingerprint density at radius 2 is 2.19 bits per heavy atom. The van der Waals surface area contributed by atoms with Crippen LogP contribution >= 0.6 is 15.9 Å². The molecule has 0 heterocycles. The largest absolute Gasteiger partial charge is 0.508 e. The van der Waals surface area contributed by atoms with Gasteiger partial charge in [0.05, 0.1) is 17.5 Å². The van der Waals surface area contributed by atoms with Crippen molar-refractivity contribution in [2.45, 2.75) is 13.3 Å². The number of aliphatic carboxylic acids is 1. The average Bonchev–Trinajstić information content (AvgIpc) is 2.24. The van der Waals surface area contributed by atoms with Crippen LogP contribution in [-0.2, 0) is 11.2 Å². The second-order valence-corrected chi connectivity index (χ2v) is 4.32. The van der Waals surface area contributed by atoms with Gasteiger partial charge in [-0.05, 0) is 34.5 Å². The maximum Gasteiger partial charge on any atom is 0.306 e. The van der Waals surface area contributed by atoms with Crippen LogP contribution in [0.5, 0.6) is 11.5 Å². The van der Waals surface area contributed by atoms with Gasteiger partial charge in [0.15, 0.2) is 0 Å². The van der Waals surface area contributed by atoms with Crippen LogP contribution in [0, 0.1) is 5.92 Å². The second-order valence-electron chi connectivity index (χ2n) is 3.52. The van der Waals surface area contributed by atoms with Crippen LogP contribution in [0.2, 0.25) is 0 Å². The van der Waals surface area contributed by atoms with Crippen molar-refractivity contribution in [1.29, 1.82) is 0 Å². The van der Waals surface area contributed by atoms with Crippen LogP contribution < -0.4 is 4.74 Å². The third kappa shape index (κ3) is 2.66. The molecule has 0 radical (unpaired) electrons. The zero-order valence-corrected chi connectivity index (χ0v) is 10.6. The Morgan fingerprint density at radius 1 is 1.56 bits per heavy atom. The standard InChI is InChI=1S/C11H13BrO4/c1-6(11(14)15)5-7-8(13)3-4-9(16-2)10(7)12/h3-4,6,13H,5H2,1-2H3,(H,14,15). The fourth-order valence-electron chi connectivity index (χ4n) is 1.33. The van der Waals surface area contributed by atoms with Crippen molar-refractivity contribution < 1.29 is 19.7 Å². The van der Waals surface area contributed by atoms with Crippen molar-refractivity contribution in [3.05, 3.63) is 22.2 Å². The predicted octanol–water partition coefficient (Wildman–Crippen LogP) is 2.43. The summed E-state index contributed by atoms with van der Waals surface area (Å²) < 4.78 is 5.68. The van der Waals surface area contributed by atoms with E-state index in [1.54, 1.807) is 13.0 Å². The maximum absolute atomic E-state index is 10.8. The van der Waals surface area contributed by atoms with E-state index in [1.807, 2.05) is 0 Å². The van der Waals surface area contributed by atoms with Gasteiger partial charge in [-0.25, -0.2) is 0 Å². The number of benzene rings is 1. The highest BCUT2D eigenvalue weighted by molar-refractivity contribution is 9.10. The second kappa shape index (κ2) is 5.21. The lowest BCUT2D eigenvalue weighted by Crippen LogP contribution is -2.12. The summed E-state index contributed by atoms with van der Waals surface area (Å²) in [6, 6.07) is 3.11. The van der Waals surface area contributed by atoms with Crippen molar-refractivity contribution in [3.8, 4) is 11.5 Å². The van der Waals surface area contributed by atoms with Crippen LogP contribution in [0.4, 0.5) is 0 Å². The van der Waals surface area contributed by atoms with E-state index < -0.39 is 11.9 Å². The van der Waals surface area contributed by atoms with Gasteiger partial charge in [0.1, 0.15) is 11.5 Å². The molecular formula is C11H13BrO4. The van der Waals surface area contributed by atoms with Gasteiger partial charge in [-0.15, -0.1) is 0 Å². The highest BCUT2D eigenvalue weighted by Crippen LogP contribution is 2.35. The first-order valence-electron chi connectivity index (χ1n) is 4.74. The first kappa shape index (κ1) is 12.8. The number of carboxylic acids is 1. The number of methoxy groups -OCH3 is 1. The molecule has 0 aliphatic rings. The molecule has 16 heavy (non-hydrogen) atoms. The van der Waals surface area contributed by atoms with E-state index in [4.69, 9.17) is 9.84 Å². The van der Waals surface area contributed by atoms with E-state index in [0.29, 0.717) is 15.8 Å². The van der Waals surface area contributed by atoms with Gasteiger partial charge >= 0.3 is 5.97 Å². The zero-order chi connectivity index (χ0) is 12.3. The number of hydrogen-bond acceptors (Lipinski definition) is 3. The molecule has 1 rings (SSSR count). The summed E-state index contributed by atoms with van der Waals surface area (Å²) >= 11 is 3.29. The minimum absolute atomic E-state index is 0.0702. The Hall–Kier alpha value is -1.23. The molecular weight excluding hydrogens is 276 g/mol. The van der Waals surface area contributed by atoms with Crippen LogP contribution in [0.1, 0.15) is 12.5 Å². The molecule has 0 spiro atoms. The summed E-state index contributed by atoms with van der Waals surface area (Å²) in [4.78, 5) is 10.8. The van der Waals surface area contributed by atoms with Gasteiger partial charge in [-0.2, -0.15) is 0 Å². The van der Waals surface area contributed by atoms with E-state index in [9.17, 15) is 9.90 Å². The Balaban J connectivity index is 3.07. The Kier molecular flexibility index (Phi) is 4.18. The summed E-state index contributed by atoms with van der Waals surface area (Å²) in [5.41, 5.74) is 0.550. The normalized spacial score (nSPS) is 12.2. The number of carboxylic acid groups (broad SMARTS) is 1. The molecule has 0 aliphatic carbocycles. The Labute approximate surface area is 102 Å². The third-order valence-electron chi connectivity index (χ3n) is 2.33. The molecule has 0 amide bonds.